The van der Waals surface area contributed by atoms with Crippen LogP contribution in [0.1, 0.15) is 25.2 Å². The maximum absolute atomic E-state index is 12.3. The molecule has 1 atom stereocenters. The van der Waals surface area contributed by atoms with Gasteiger partial charge < -0.3 is 25.2 Å². The van der Waals surface area contributed by atoms with E-state index < -0.39 is 0 Å². The van der Waals surface area contributed by atoms with Crippen LogP contribution in [0.2, 0.25) is 0 Å². The van der Waals surface area contributed by atoms with E-state index in [1.165, 1.54) is 0 Å². The van der Waals surface area contributed by atoms with Crippen LogP contribution in [0, 0.1) is 5.92 Å². The summed E-state index contributed by atoms with van der Waals surface area (Å²) in [4.78, 5) is 34.6. The topological polar surface area (TPSA) is 136 Å². The number of nitrogens with two attached hydrogens (primary N) is 1. The predicted molar refractivity (Wildman–Crippen MR) is 122 cm³/mol. The van der Waals surface area contributed by atoms with E-state index in [1.54, 1.807) is 19.4 Å². The average molecular weight is 450 g/mol. The fraction of sp³-hybridized carbons (Fsp3) is 0.348. The van der Waals surface area contributed by atoms with Gasteiger partial charge in [0.1, 0.15) is 11.6 Å². The lowest BCUT2D eigenvalue weighted by molar-refractivity contribution is -0.122. The summed E-state index contributed by atoms with van der Waals surface area (Å²) < 4.78 is 10.4. The van der Waals surface area contributed by atoms with Crippen LogP contribution in [0.25, 0.3) is 11.4 Å². The molecule has 1 aliphatic rings. The Bertz CT molecular complexity index is 1100. The average Bonchev–Trinajstić information content (AvgIpc) is 3.32. The number of hydrogen-bond donors (Lipinski definition) is 2. The van der Waals surface area contributed by atoms with Crippen molar-refractivity contribution in [3.63, 3.8) is 0 Å². The molecule has 172 valence electrons. The molecule has 0 bridgehead atoms. The normalized spacial score (nSPS) is 15.8. The molecule has 4 rings (SSSR count). The molecule has 0 saturated carbocycles. The van der Waals surface area contributed by atoms with Crippen LogP contribution in [-0.4, -0.2) is 47.1 Å². The molecule has 0 spiro atoms. The van der Waals surface area contributed by atoms with Crippen molar-refractivity contribution >= 4 is 23.3 Å². The molecule has 1 unspecified atom stereocenters. The second kappa shape index (κ2) is 10.1. The first-order chi connectivity index (χ1) is 16.0. The van der Waals surface area contributed by atoms with Crippen molar-refractivity contribution in [1.29, 1.82) is 0 Å². The summed E-state index contributed by atoms with van der Waals surface area (Å²) in [6, 6.07) is 10.9. The van der Waals surface area contributed by atoms with Gasteiger partial charge in [-0.15, -0.1) is 0 Å². The summed E-state index contributed by atoms with van der Waals surface area (Å²) in [6.45, 7) is 1.39. The zero-order valence-corrected chi connectivity index (χ0v) is 18.4. The number of piperidine rings is 1. The highest BCUT2D eigenvalue weighted by molar-refractivity contribution is 5.90. The Morgan fingerprint density at radius 1 is 1.24 bits per heavy atom. The lowest BCUT2D eigenvalue weighted by Gasteiger charge is -2.32. The van der Waals surface area contributed by atoms with Crippen molar-refractivity contribution in [2.75, 3.05) is 30.4 Å². The van der Waals surface area contributed by atoms with E-state index in [-0.39, 0.29) is 24.2 Å². The van der Waals surface area contributed by atoms with E-state index in [4.69, 9.17) is 15.0 Å². The van der Waals surface area contributed by atoms with Crippen molar-refractivity contribution in [2.45, 2.75) is 25.7 Å². The van der Waals surface area contributed by atoms with Gasteiger partial charge in [-0.25, -0.2) is 4.98 Å². The number of nitrogens with zero attached hydrogens (tertiary/aromatic N) is 4. The number of primary amides is 1. The van der Waals surface area contributed by atoms with Crippen molar-refractivity contribution in [1.82, 2.24) is 15.1 Å². The van der Waals surface area contributed by atoms with Crippen LogP contribution < -0.4 is 20.7 Å². The molecule has 2 amide bonds. The minimum atomic E-state index is -0.277. The molecule has 0 aliphatic carbocycles. The smallest absolute Gasteiger partial charge is 0.227 e. The van der Waals surface area contributed by atoms with Gasteiger partial charge in [0, 0.05) is 31.5 Å². The number of aryl methyl sites for hydroxylation is 1. The molecular weight excluding hydrogens is 424 g/mol. The van der Waals surface area contributed by atoms with E-state index in [0.717, 1.165) is 36.5 Å². The largest absolute Gasteiger partial charge is 0.497 e. The Hall–Kier alpha value is -3.95. The van der Waals surface area contributed by atoms with Gasteiger partial charge in [0.2, 0.25) is 23.5 Å². The van der Waals surface area contributed by atoms with Crippen LogP contribution in [0.3, 0.4) is 0 Å². The van der Waals surface area contributed by atoms with Gasteiger partial charge in [-0.1, -0.05) is 5.16 Å². The van der Waals surface area contributed by atoms with Crippen LogP contribution in [0.4, 0.5) is 11.5 Å². The summed E-state index contributed by atoms with van der Waals surface area (Å²) in [7, 11) is 1.60. The lowest BCUT2D eigenvalue weighted by atomic mass is 9.97. The number of benzene rings is 1. The van der Waals surface area contributed by atoms with Crippen LogP contribution in [0.15, 0.2) is 47.1 Å². The zero-order valence-electron chi connectivity index (χ0n) is 18.4. The molecule has 1 aliphatic heterocycles. The van der Waals surface area contributed by atoms with Crippen molar-refractivity contribution in [3.05, 3.63) is 48.5 Å². The molecule has 3 aromatic rings. The van der Waals surface area contributed by atoms with E-state index >= 15 is 0 Å². The number of rotatable bonds is 8. The Kier molecular flexibility index (Phi) is 6.82. The number of amides is 2. The molecule has 33 heavy (non-hydrogen) atoms. The van der Waals surface area contributed by atoms with Crippen molar-refractivity contribution in [3.8, 4) is 17.1 Å². The fourth-order valence-electron chi connectivity index (χ4n) is 3.72. The number of methoxy groups -OCH3 is 1. The third-order valence-electron chi connectivity index (χ3n) is 5.56. The van der Waals surface area contributed by atoms with E-state index in [1.807, 2.05) is 35.2 Å². The maximum Gasteiger partial charge on any atom is 0.227 e. The molecule has 1 fully saturated rings. The molecule has 2 aromatic heterocycles. The maximum atomic E-state index is 12.3. The first-order valence-electron chi connectivity index (χ1n) is 10.8. The van der Waals surface area contributed by atoms with Gasteiger partial charge in [0.05, 0.1) is 24.9 Å². The summed E-state index contributed by atoms with van der Waals surface area (Å²) >= 11 is 0. The predicted octanol–water partition coefficient (Wildman–Crippen LogP) is 2.41. The number of carbonyl (C=O) groups is 2. The zero-order chi connectivity index (χ0) is 23.2. The Morgan fingerprint density at radius 2 is 2.06 bits per heavy atom. The monoisotopic (exact) mass is 450 g/mol. The van der Waals surface area contributed by atoms with Gasteiger partial charge in [-0.05, 0) is 49.2 Å². The second-order valence-corrected chi connectivity index (χ2v) is 7.88. The Morgan fingerprint density at radius 3 is 2.76 bits per heavy atom. The molecule has 3 heterocycles. The van der Waals surface area contributed by atoms with E-state index in [2.05, 4.69) is 20.4 Å². The third kappa shape index (κ3) is 5.65. The summed E-state index contributed by atoms with van der Waals surface area (Å²) in [5.41, 5.74) is 6.84. The second-order valence-electron chi connectivity index (χ2n) is 7.88. The molecule has 1 saturated heterocycles. The number of nitrogens with one attached hydrogen (secondary N) is 1. The Labute approximate surface area is 191 Å². The van der Waals surface area contributed by atoms with Crippen molar-refractivity contribution in [2.24, 2.45) is 11.7 Å². The Balaban J connectivity index is 1.28. The van der Waals surface area contributed by atoms with Gasteiger partial charge in [0.25, 0.3) is 0 Å². The van der Waals surface area contributed by atoms with Crippen LogP contribution >= 0.6 is 0 Å². The fourth-order valence-corrected chi connectivity index (χ4v) is 3.72. The first-order valence-corrected chi connectivity index (χ1v) is 10.8. The molecule has 0 radical (unpaired) electrons. The first kappa shape index (κ1) is 22.3. The molecule has 3 N–H and O–H groups in total. The summed E-state index contributed by atoms with van der Waals surface area (Å²) in [6.07, 6.45) is 3.82. The van der Waals surface area contributed by atoms with Crippen molar-refractivity contribution < 1.29 is 18.8 Å². The number of pyridine rings is 1. The minimum absolute atomic E-state index is 0.158. The summed E-state index contributed by atoms with van der Waals surface area (Å²) in [5, 5.41) is 6.79. The van der Waals surface area contributed by atoms with Crippen LogP contribution in [-0.2, 0) is 16.0 Å². The highest BCUT2D eigenvalue weighted by Crippen LogP contribution is 2.23. The molecule has 10 heteroatoms. The minimum Gasteiger partial charge on any atom is -0.497 e. The van der Waals surface area contributed by atoms with E-state index in [0.29, 0.717) is 30.4 Å². The number of carbonyl (C=O) groups excluding carboxylic acids is 2. The standard InChI is InChI=1S/C23H26N6O4/c1-32-18-7-4-15(5-8-18)23-27-21(33-28-23)11-10-20(30)26-17-6-9-19(25-13-17)29-12-2-3-16(14-29)22(24)31/h4-9,13,16H,2-3,10-12,14H2,1H3,(H2,24,31)(H,26,30). The summed E-state index contributed by atoms with van der Waals surface area (Å²) in [5.74, 6) is 1.74. The van der Waals surface area contributed by atoms with E-state index in [9.17, 15) is 9.59 Å². The number of aromatic nitrogens is 3. The molecule has 10 nitrogen and oxygen atoms in total. The lowest BCUT2D eigenvalue weighted by Crippen LogP contribution is -2.41. The number of ether oxygens (including phenoxy) is 1. The van der Waals surface area contributed by atoms with Gasteiger partial charge in [-0.3, -0.25) is 9.59 Å². The number of hydrogen-bond acceptors (Lipinski definition) is 8. The molecule has 1 aromatic carbocycles. The highest BCUT2D eigenvalue weighted by Gasteiger charge is 2.24. The van der Waals surface area contributed by atoms with Gasteiger partial charge >= 0.3 is 0 Å². The van der Waals surface area contributed by atoms with Gasteiger partial charge in [-0.2, -0.15) is 4.98 Å². The number of anilines is 2. The SMILES string of the molecule is COc1ccc(-c2noc(CCC(=O)Nc3ccc(N4CCCC(C(N)=O)C4)nc3)n2)cc1. The quantitative estimate of drug-likeness (QED) is 0.534. The van der Waals surface area contributed by atoms with Crippen LogP contribution in [0.5, 0.6) is 5.75 Å². The van der Waals surface area contributed by atoms with Gasteiger partial charge in [0.15, 0.2) is 0 Å². The third-order valence-corrected chi connectivity index (χ3v) is 5.56. The highest BCUT2D eigenvalue weighted by atomic mass is 16.5. The molecular formula is C23H26N6O4.